The van der Waals surface area contributed by atoms with Gasteiger partial charge < -0.3 is 5.32 Å². The van der Waals surface area contributed by atoms with Crippen LogP contribution in [0.5, 0.6) is 0 Å². The molecular weight excluding hydrogens is 153 g/mol. The van der Waals surface area contributed by atoms with E-state index in [-0.39, 0.29) is 0 Å². The first-order chi connectivity index (χ1) is 5.70. The lowest BCUT2D eigenvalue weighted by atomic mass is 9.90. The third-order valence-corrected chi connectivity index (χ3v) is 2.57. The van der Waals surface area contributed by atoms with Crippen molar-refractivity contribution in [2.45, 2.75) is 39.3 Å². The highest BCUT2D eigenvalue weighted by Gasteiger charge is 2.23. The standard InChI is InChI=1S/C10H20FN/c1-8(2)7-9-3-5-12-6-4-10(9)11/h8-10,12H,3-7H2,1-2H3. The molecule has 1 rings (SSSR count). The molecule has 1 N–H and O–H groups in total. The minimum atomic E-state index is -0.567. The number of nitrogens with one attached hydrogen (secondary N) is 1. The summed E-state index contributed by atoms with van der Waals surface area (Å²) in [5.74, 6) is 0.936. The highest BCUT2D eigenvalue weighted by molar-refractivity contribution is 4.75. The fourth-order valence-corrected chi connectivity index (χ4v) is 1.94. The Morgan fingerprint density at radius 2 is 2.00 bits per heavy atom. The number of alkyl halides is 1. The summed E-state index contributed by atoms with van der Waals surface area (Å²) < 4.78 is 13.4. The molecule has 1 saturated heterocycles. The first-order valence-electron chi connectivity index (χ1n) is 5.05. The Morgan fingerprint density at radius 3 is 2.67 bits per heavy atom. The van der Waals surface area contributed by atoms with Crippen molar-refractivity contribution in [2.75, 3.05) is 13.1 Å². The van der Waals surface area contributed by atoms with Gasteiger partial charge in [0.1, 0.15) is 6.17 Å². The second kappa shape index (κ2) is 4.80. The van der Waals surface area contributed by atoms with Gasteiger partial charge in [0.25, 0.3) is 0 Å². The highest BCUT2D eigenvalue weighted by Crippen LogP contribution is 2.24. The van der Waals surface area contributed by atoms with Gasteiger partial charge in [0.05, 0.1) is 0 Å². The van der Waals surface area contributed by atoms with Crippen molar-refractivity contribution in [1.29, 1.82) is 0 Å². The Bertz CT molecular complexity index is 125. The van der Waals surface area contributed by atoms with Gasteiger partial charge in [-0.25, -0.2) is 4.39 Å². The summed E-state index contributed by atoms with van der Waals surface area (Å²) in [5.41, 5.74) is 0. The van der Waals surface area contributed by atoms with Crippen LogP contribution < -0.4 is 5.32 Å². The summed E-state index contributed by atoms with van der Waals surface area (Å²) in [5, 5.41) is 3.24. The monoisotopic (exact) mass is 173 g/mol. The van der Waals surface area contributed by atoms with E-state index in [1.807, 2.05) is 0 Å². The van der Waals surface area contributed by atoms with Gasteiger partial charge in [0, 0.05) is 0 Å². The van der Waals surface area contributed by atoms with Crippen LogP contribution in [0.4, 0.5) is 4.39 Å². The molecule has 0 aromatic rings. The molecule has 1 nitrogen and oxygen atoms in total. The number of halogens is 1. The predicted molar refractivity (Wildman–Crippen MR) is 49.9 cm³/mol. The maximum atomic E-state index is 13.4. The van der Waals surface area contributed by atoms with Gasteiger partial charge in [-0.1, -0.05) is 13.8 Å². The first-order valence-corrected chi connectivity index (χ1v) is 5.05. The van der Waals surface area contributed by atoms with Crippen molar-refractivity contribution in [3.63, 3.8) is 0 Å². The van der Waals surface area contributed by atoms with E-state index in [0.717, 1.165) is 25.9 Å². The van der Waals surface area contributed by atoms with Crippen LogP contribution in [0.25, 0.3) is 0 Å². The summed E-state index contributed by atoms with van der Waals surface area (Å²) in [6.45, 7) is 6.20. The Kier molecular flexibility index (Phi) is 3.99. The van der Waals surface area contributed by atoms with Crippen molar-refractivity contribution in [3.8, 4) is 0 Å². The van der Waals surface area contributed by atoms with Gasteiger partial charge in [-0.3, -0.25) is 0 Å². The van der Waals surface area contributed by atoms with Crippen molar-refractivity contribution in [3.05, 3.63) is 0 Å². The van der Waals surface area contributed by atoms with E-state index < -0.39 is 6.17 Å². The molecule has 1 aliphatic heterocycles. The fourth-order valence-electron chi connectivity index (χ4n) is 1.94. The zero-order chi connectivity index (χ0) is 8.97. The summed E-state index contributed by atoms with van der Waals surface area (Å²) >= 11 is 0. The molecule has 2 unspecified atom stereocenters. The van der Waals surface area contributed by atoms with Crippen molar-refractivity contribution in [1.82, 2.24) is 5.32 Å². The van der Waals surface area contributed by atoms with E-state index in [4.69, 9.17) is 0 Å². The number of hydrogen-bond acceptors (Lipinski definition) is 1. The smallest absolute Gasteiger partial charge is 0.104 e. The lowest BCUT2D eigenvalue weighted by Gasteiger charge is -2.19. The van der Waals surface area contributed by atoms with Crippen LogP contribution in [-0.4, -0.2) is 19.3 Å². The van der Waals surface area contributed by atoms with E-state index in [2.05, 4.69) is 19.2 Å². The van der Waals surface area contributed by atoms with Gasteiger partial charge in [-0.2, -0.15) is 0 Å². The van der Waals surface area contributed by atoms with Crippen LogP contribution >= 0.6 is 0 Å². The van der Waals surface area contributed by atoms with Gasteiger partial charge in [-0.15, -0.1) is 0 Å². The van der Waals surface area contributed by atoms with Crippen molar-refractivity contribution in [2.24, 2.45) is 11.8 Å². The molecule has 1 aliphatic rings. The molecule has 1 fully saturated rings. The van der Waals surface area contributed by atoms with E-state index in [1.165, 1.54) is 0 Å². The summed E-state index contributed by atoms with van der Waals surface area (Å²) in [6.07, 6.45) is 2.20. The molecule has 0 saturated carbocycles. The molecule has 1 heterocycles. The molecule has 72 valence electrons. The molecule has 2 heteroatoms. The quantitative estimate of drug-likeness (QED) is 0.676. The van der Waals surface area contributed by atoms with Crippen LogP contribution in [0.3, 0.4) is 0 Å². The molecule has 0 aromatic carbocycles. The molecule has 0 spiro atoms. The lowest BCUT2D eigenvalue weighted by Crippen LogP contribution is -2.17. The molecular formula is C10H20FN. The average Bonchev–Trinajstić information content (AvgIpc) is 2.16. The summed E-state index contributed by atoms with van der Waals surface area (Å²) in [6, 6.07) is 0. The van der Waals surface area contributed by atoms with Crippen LogP contribution in [-0.2, 0) is 0 Å². The maximum Gasteiger partial charge on any atom is 0.104 e. The fraction of sp³-hybridized carbons (Fsp3) is 1.00. The minimum Gasteiger partial charge on any atom is -0.317 e. The zero-order valence-electron chi connectivity index (χ0n) is 8.15. The third kappa shape index (κ3) is 3.10. The number of hydrogen-bond donors (Lipinski definition) is 1. The largest absolute Gasteiger partial charge is 0.317 e. The molecule has 12 heavy (non-hydrogen) atoms. The molecule has 0 aliphatic carbocycles. The van der Waals surface area contributed by atoms with Crippen LogP contribution in [0, 0.1) is 11.8 Å². The molecule has 0 amide bonds. The van der Waals surface area contributed by atoms with Crippen LogP contribution in [0.15, 0.2) is 0 Å². The molecule has 0 bridgehead atoms. The summed E-state index contributed by atoms with van der Waals surface area (Å²) in [7, 11) is 0. The summed E-state index contributed by atoms with van der Waals surface area (Å²) in [4.78, 5) is 0. The lowest BCUT2D eigenvalue weighted by molar-refractivity contribution is 0.195. The third-order valence-electron chi connectivity index (χ3n) is 2.57. The van der Waals surface area contributed by atoms with E-state index in [9.17, 15) is 4.39 Å². The first kappa shape index (κ1) is 9.97. The SMILES string of the molecule is CC(C)CC1CCNCCC1F. The van der Waals surface area contributed by atoms with Gasteiger partial charge in [-0.05, 0) is 44.2 Å². The maximum absolute atomic E-state index is 13.4. The molecule has 2 atom stereocenters. The molecule has 0 aromatic heterocycles. The minimum absolute atomic E-state index is 0.306. The Labute approximate surface area is 74.7 Å². The highest BCUT2D eigenvalue weighted by atomic mass is 19.1. The van der Waals surface area contributed by atoms with E-state index in [1.54, 1.807) is 0 Å². The van der Waals surface area contributed by atoms with Gasteiger partial charge in [0.15, 0.2) is 0 Å². The average molecular weight is 173 g/mol. The van der Waals surface area contributed by atoms with E-state index >= 15 is 0 Å². The second-order valence-corrected chi connectivity index (χ2v) is 4.23. The Hall–Kier alpha value is -0.110. The predicted octanol–water partition coefficient (Wildman–Crippen LogP) is 2.37. The Balaban J connectivity index is 2.36. The van der Waals surface area contributed by atoms with Gasteiger partial charge >= 0.3 is 0 Å². The molecule has 0 radical (unpaired) electrons. The Morgan fingerprint density at radius 1 is 1.33 bits per heavy atom. The number of rotatable bonds is 2. The van der Waals surface area contributed by atoms with Crippen molar-refractivity contribution < 1.29 is 4.39 Å². The van der Waals surface area contributed by atoms with Gasteiger partial charge in [0.2, 0.25) is 0 Å². The van der Waals surface area contributed by atoms with Crippen LogP contribution in [0.2, 0.25) is 0 Å². The zero-order valence-corrected chi connectivity index (χ0v) is 8.15. The topological polar surface area (TPSA) is 12.0 Å². The van der Waals surface area contributed by atoms with Crippen LogP contribution in [0.1, 0.15) is 33.1 Å². The normalized spacial score (nSPS) is 32.0. The van der Waals surface area contributed by atoms with Crippen molar-refractivity contribution >= 4 is 0 Å². The second-order valence-electron chi connectivity index (χ2n) is 4.23. The van der Waals surface area contributed by atoms with E-state index in [0.29, 0.717) is 18.3 Å².